The van der Waals surface area contributed by atoms with Crippen molar-refractivity contribution in [2.45, 2.75) is 39.2 Å². The van der Waals surface area contributed by atoms with Gasteiger partial charge < -0.3 is 15.8 Å². The summed E-state index contributed by atoms with van der Waals surface area (Å²) in [5.74, 6) is 0.200. The zero-order chi connectivity index (χ0) is 11.7. The molecule has 0 bridgehead atoms. The van der Waals surface area contributed by atoms with Crippen molar-refractivity contribution < 1.29 is 9.53 Å². The maximum absolute atomic E-state index is 11.5. The van der Waals surface area contributed by atoms with E-state index >= 15 is 0 Å². The van der Waals surface area contributed by atoms with Gasteiger partial charge in [-0.3, -0.25) is 4.79 Å². The highest BCUT2D eigenvalue weighted by Crippen LogP contribution is 2.04. The van der Waals surface area contributed by atoms with E-state index in [9.17, 15) is 4.79 Å². The Kier molecular flexibility index (Phi) is 8.33. The van der Waals surface area contributed by atoms with Crippen LogP contribution in [0.1, 0.15) is 33.1 Å². The number of ether oxygens (including phenoxy) is 1. The summed E-state index contributed by atoms with van der Waals surface area (Å²) in [5, 5.41) is 2.84. The molecule has 0 rings (SSSR count). The monoisotopic (exact) mass is 216 g/mol. The zero-order valence-corrected chi connectivity index (χ0v) is 10.1. The summed E-state index contributed by atoms with van der Waals surface area (Å²) in [4.78, 5) is 11.5. The number of hydrogen-bond acceptors (Lipinski definition) is 3. The van der Waals surface area contributed by atoms with Crippen LogP contribution < -0.4 is 11.1 Å². The van der Waals surface area contributed by atoms with Crippen LogP contribution in [0.4, 0.5) is 0 Å². The number of unbranched alkanes of at least 4 members (excludes halogenated alkanes) is 1. The highest BCUT2D eigenvalue weighted by molar-refractivity contribution is 5.81. The molecule has 1 amide bonds. The maximum atomic E-state index is 11.5. The molecule has 0 radical (unpaired) electrons. The summed E-state index contributed by atoms with van der Waals surface area (Å²) in [5.41, 5.74) is 5.78. The van der Waals surface area contributed by atoms with E-state index in [2.05, 4.69) is 5.32 Å². The Labute approximate surface area is 92.6 Å². The van der Waals surface area contributed by atoms with Crippen molar-refractivity contribution in [2.75, 3.05) is 20.3 Å². The molecule has 0 fully saturated rings. The summed E-state index contributed by atoms with van der Waals surface area (Å²) in [7, 11) is 1.68. The predicted molar refractivity (Wildman–Crippen MR) is 61.6 cm³/mol. The molecule has 0 saturated carbocycles. The number of nitrogens with one attached hydrogen (secondary N) is 1. The smallest absolute Gasteiger partial charge is 0.237 e. The van der Waals surface area contributed by atoms with Crippen LogP contribution in [-0.4, -0.2) is 32.2 Å². The third-order valence-electron chi connectivity index (χ3n) is 2.63. The van der Waals surface area contributed by atoms with E-state index in [4.69, 9.17) is 10.5 Å². The van der Waals surface area contributed by atoms with Gasteiger partial charge in [0.15, 0.2) is 0 Å². The number of hydrogen-bond donors (Lipinski definition) is 2. The second-order valence-electron chi connectivity index (χ2n) is 3.90. The largest absolute Gasteiger partial charge is 0.385 e. The van der Waals surface area contributed by atoms with Crippen LogP contribution >= 0.6 is 0 Å². The Morgan fingerprint density at radius 2 is 2.13 bits per heavy atom. The fraction of sp³-hybridized carbons (Fsp3) is 0.909. The molecular weight excluding hydrogens is 192 g/mol. The Balaban J connectivity index is 3.56. The lowest BCUT2D eigenvalue weighted by molar-refractivity contribution is -0.123. The number of carbonyl (C=O) groups excluding carboxylic acids is 1. The standard InChI is InChI=1S/C11H24N2O2/c1-4-9(2)10(12)11(14)13-7-5-6-8-15-3/h9-10H,4-8,12H2,1-3H3,(H,13,14)/t9?,10-/m0/s1. The summed E-state index contributed by atoms with van der Waals surface area (Å²) >= 11 is 0. The second kappa shape index (κ2) is 8.68. The quantitative estimate of drug-likeness (QED) is 0.593. The molecule has 0 aromatic rings. The first-order valence-corrected chi connectivity index (χ1v) is 5.65. The predicted octanol–water partition coefficient (Wildman–Crippen LogP) is 0.903. The molecule has 2 atom stereocenters. The molecule has 0 aliphatic heterocycles. The SMILES string of the molecule is CCC(C)[C@H](N)C(=O)NCCCCOC. The molecule has 0 spiro atoms. The molecule has 0 aliphatic carbocycles. The molecule has 0 aliphatic rings. The van der Waals surface area contributed by atoms with Gasteiger partial charge >= 0.3 is 0 Å². The van der Waals surface area contributed by atoms with Gasteiger partial charge in [-0.2, -0.15) is 0 Å². The molecule has 4 heteroatoms. The van der Waals surface area contributed by atoms with Gasteiger partial charge in [0.2, 0.25) is 5.91 Å². The van der Waals surface area contributed by atoms with Crippen LogP contribution in [0, 0.1) is 5.92 Å². The van der Waals surface area contributed by atoms with Crippen molar-refractivity contribution in [3.05, 3.63) is 0 Å². The van der Waals surface area contributed by atoms with Crippen molar-refractivity contribution in [3.63, 3.8) is 0 Å². The topological polar surface area (TPSA) is 64.4 Å². The minimum atomic E-state index is -0.377. The lowest BCUT2D eigenvalue weighted by Crippen LogP contribution is -2.44. The van der Waals surface area contributed by atoms with E-state index in [1.54, 1.807) is 7.11 Å². The van der Waals surface area contributed by atoms with Crippen molar-refractivity contribution >= 4 is 5.91 Å². The fourth-order valence-corrected chi connectivity index (χ4v) is 1.21. The van der Waals surface area contributed by atoms with Gasteiger partial charge in [0.1, 0.15) is 0 Å². The number of amides is 1. The van der Waals surface area contributed by atoms with Crippen LogP contribution in [-0.2, 0) is 9.53 Å². The molecule has 0 aromatic carbocycles. The van der Waals surface area contributed by atoms with Gasteiger partial charge in [0.25, 0.3) is 0 Å². The molecule has 0 aromatic heterocycles. The average molecular weight is 216 g/mol. The molecule has 0 heterocycles. The Bertz CT molecular complexity index is 174. The van der Waals surface area contributed by atoms with Gasteiger partial charge in [0, 0.05) is 20.3 Å². The van der Waals surface area contributed by atoms with E-state index in [-0.39, 0.29) is 17.9 Å². The van der Waals surface area contributed by atoms with E-state index < -0.39 is 0 Å². The van der Waals surface area contributed by atoms with Crippen molar-refractivity contribution in [3.8, 4) is 0 Å². The first-order valence-electron chi connectivity index (χ1n) is 5.65. The average Bonchev–Trinajstić information content (AvgIpc) is 2.26. The summed E-state index contributed by atoms with van der Waals surface area (Å²) in [6.07, 6.45) is 2.83. The number of methoxy groups -OCH3 is 1. The van der Waals surface area contributed by atoms with Crippen LogP contribution in [0.25, 0.3) is 0 Å². The van der Waals surface area contributed by atoms with Crippen LogP contribution in [0.5, 0.6) is 0 Å². The fourth-order valence-electron chi connectivity index (χ4n) is 1.21. The minimum absolute atomic E-state index is 0.0400. The summed E-state index contributed by atoms with van der Waals surface area (Å²) in [6, 6.07) is -0.377. The normalized spacial score (nSPS) is 14.7. The molecule has 0 saturated heterocycles. The molecule has 15 heavy (non-hydrogen) atoms. The third-order valence-corrected chi connectivity index (χ3v) is 2.63. The maximum Gasteiger partial charge on any atom is 0.237 e. The van der Waals surface area contributed by atoms with E-state index in [1.807, 2.05) is 13.8 Å². The Morgan fingerprint density at radius 3 is 2.67 bits per heavy atom. The van der Waals surface area contributed by atoms with Crippen LogP contribution in [0.3, 0.4) is 0 Å². The molecule has 3 N–H and O–H groups in total. The Hall–Kier alpha value is -0.610. The Morgan fingerprint density at radius 1 is 1.47 bits per heavy atom. The van der Waals surface area contributed by atoms with E-state index in [1.165, 1.54) is 0 Å². The summed E-state index contributed by atoms with van der Waals surface area (Å²) in [6.45, 7) is 5.46. The minimum Gasteiger partial charge on any atom is -0.385 e. The van der Waals surface area contributed by atoms with Crippen LogP contribution in [0.15, 0.2) is 0 Å². The highest BCUT2D eigenvalue weighted by atomic mass is 16.5. The van der Waals surface area contributed by atoms with Gasteiger partial charge in [-0.25, -0.2) is 0 Å². The molecular formula is C11H24N2O2. The number of rotatable bonds is 8. The van der Waals surface area contributed by atoms with Gasteiger partial charge in [0.05, 0.1) is 6.04 Å². The molecule has 90 valence electrons. The number of nitrogens with two attached hydrogens (primary N) is 1. The summed E-state index contributed by atoms with van der Waals surface area (Å²) < 4.78 is 4.91. The van der Waals surface area contributed by atoms with Gasteiger partial charge in [-0.15, -0.1) is 0 Å². The molecule has 1 unspecified atom stereocenters. The first kappa shape index (κ1) is 14.4. The van der Waals surface area contributed by atoms with Gasteiger partial charge in [-0.05, 0) is 18.8 Å². The zero-order valence-electron chi connectivity index (χ0n) is 10.1. The van der Waals surface area contributed by atoms with Crippen molar-refractivity contribution in [1.29, 1.82) is 0 Å². The first-order chi connectivity index (χ1) is 7.13. The number of carbonyl (C=O) groups is 1. The van der Waals surface area contributed by atoms with Crippen molar-refractivity contribution in [1.82, 2.24) is 5.32 Å². The van der Waals surface area contributed by atoms with Crippen LogP contribution in [0.2, 0.25) is 0 Å². The second-order valence-corrected chi connectivity index (χ2v) is 3.90. The van der Waals surface area contributed by atoms with Gasteiger partial charge in [-0.1, -0.05) is 20.3 Å². The highest BCUT2D eigenvalue weighted by Gasteiger charge is 2.18. The molecule has 4 nitrogen and oxygen atoms in total. The van der Waals surface area contributed by atoms with E-state index in [0.29, 0.717) is 6.54 Å². The van der Waals surface area contributed by atoms with E-state index in [0.717, 1.165) is 25.9 Å². The third kappa shape index (κ3) is 6.47. The van der Waals surface area contributed by atoms with Crippen molar-refractivity contribution in [2.24, 2.45) is 11.7 Å². The lowest BCUT2D eigenvalue weighted by Gasteiger charge is -2.17. The lowest BCUT2D eigenvalue weighted by atomic mass is 9.99.